The van der Waals surface area contributed by atoms with Crippen LogP contribution in [0.5, 0.6) is 11.5 Å². The Morgan fingerprint density at radius 3 is 2.52 bits per heavy atom. The minimum Gasteiger partial charge on any atom is -0.490 e. The zero-order chi connectivity index (χ0) is 30.0. The number of benzene rings is 2. The standard InChI is InChI=1S/C32H31ClN2O6S/c1-6-38-25-13-10-20(15-26(25)39-7-2)29-28(31(37)40-8-3)19(5)34-32-35(29)30(36)27(42-32)17-22-12-14-24(41-22)23-16-21(33)11-9-18(23)4/h9-17,29H,6-8H2,1-5H3/b27-17-/t29-/m1/s1. The van der Waals surface area contributed by atoms with E-state index in [1.807, 2.05) is 57.2 Å². The SMILES string of the molecule is CCOC(=O)C1=C(C)N=c2s/c(=C\c3ccc(-c4cc(Cl)ccc4C)o3)c(=O)n2[C@@H]1c1ccc(OCC)c(OCC)c1. The van der Waals surface area contributed by atoms with Crippen molar-refractivity contribution in [3.8, 4) is 22.8 Å². The molecule has 0 N–H and O–H groups in total. The van der Waals surface area contributed by atoms with Crippen LogP contribution in [0.25, 0.3) is 17.4 Å². The van der Waals surface area contributed by atoms with Gasteiger partial charge in [-0.2, -0.15) is 0 Å². The number of furan rings is 1. The maximum atomic E-state index is 14.0. The molecule has 0 spiro atoms. The smallest absolute Gasteiger partial charge is 0.338 e. The van der Waals surface area contributed by atoms with Gasteiger partial charge in [0.1, 0.15) is 11.5 Å². The number of carbonyl (C=O) groups is 1. The van der Waals surface area contributed by atoms with Crippen molar-refractivity contribution in [3.63, 3.8) is 0 Å². The molecule has 42 heavy (non-hydrogen) atoms. The number of aryl methyl sites for hydroxylation is 1. The summed E-state index contributed by atoms with van der Waals surface area (Å²) in [6.45, 7) is 10.3. The van der Waals surface area contributed by atoms with Gasteiger partial charge in [0.25, 0.3) is 5.56 Å². The Bertz CT molecular complexity index is 1870. The van der Waals surface area contributed by atoms with Crippen LogP contribution in [0.1, 0.15) is 50.6 Å². The van der Waals surface area contributed by atoms with Crippen LogP contribution in [0.4, 0.5) is 0 Å². The van der Waals surface area contributed by atoms with Crippen molar-refractivity contribution in [2.24, 2.45) is 4.99 Å². The number of fused-ring (bicyclic) bond motifs is 1. The van der Waals surface area contributed by atoms with Crippen molar-refractivity contribution >= 4 is 35.0 Å². The number of carbonyl (C=O) groups excluding carboxylic acids is 1. The maximum Gasteiger partial charge on any atom is 0.338 e. The molecule has 4 aromatic rings. The predicted molar refractivity (Wildman–Crippen MR) is 163 cm³/mol. The van der Waals surface area contributed by atoms with Gasteiger partial charge in [-0.3, -0.25) is 9.36 Å². The van der Waals surface area contributed by atoms with Crippen molar-refractivity contribution in [1.29, 1.82) is 0 Å². The number of esters is 1. The summed E-state index contributed by atoms with van der Waals surface area (Å²) in [7, 11) is 0. The van der Waals surface area contributed by atoms with Crippen LogP contribution in [0.15, 0.2) is 74.0 Å². The van der Waals surface area contributed by atoms with Crippen molar-refractivity contribution in [1.82, 2.24) is 4.57 Å². The van der Waals surface area contributed by atoms with Gasteiger partial charge in [0.15, 0.2) is 16.3 Å². The van der Waals surface area contributed by atoms with Gasteiger partial charge in [0, 0.05) is 16.7 Å². The number of hydrogen-bond acceptors (Lipinski definition) is 8. The van der Waals surface area contributed by atoms with Gasteiger partial charge in [-0.25, -0.2) is 9.79 Å². The first-order valence-electron chi connectivity index (χ1n) is 13.7. The Morgan fingerprint density at radius 2 is 1.79 bits per heavy atom. The first-order valence-corrected chi connectivity index (χ1v) is 14.9. The van der Waals surface area contributed by atoms with Crippen LogP contribution in [-0.2, 0) is 9.53 Å². The molecule has 1 aliphatic rings. The molecule has 218 valence electrons. The lowest BCUT2D eigenvalue weighted by Gasteiger charge is -2.25. The zero-order valence-electron chi connectivity index (χ0n) is 24.0. The van der Waals surface area contributed by atoms with Crippen LogP contribution in [0, 0.1) is 6.92 Å². The number of allylic oxidation sites excluding steroid dienone is 1. The van der Waals surface area contributed by atoms with Crippen molar-refractivity contribution in [3.05, 3.63) is 101 Å². The molecule has 0 bridgehead atoms. The lowest BCUT2D eigenvalue weighted by molar-refractivity contribution is -0.139. The quantitative estimate of drug-likeness (QED) is 0.223. The molecule has 3 heterocycles. The van der Waals surface area contributed by atoms with Gasteiger partial charge in [0.05, 0.1) is 41.7 Å². The number of hydrogen-bond donors (Lipinski definition) is 0. The van der Waals surface area contributed by atoms with Crippen LogP contribution >= 0.6 is 22.9 Å². The van der Waals surface area contributed by atoms with Crippen molar-refractivity contribution in [2.75, 3.05) is 19.8 Å². The summed E-state index contributed by atoms with van der Waals surface area (Å²) < 4.78 is 25.0. The normalized spacial score (nSPS) is 14.9. The summed E-state index contributed by atoms with van der Waals surface area (Å²) in [6.07, 6.45) is 1.69. The largest absolute Gasteiger partial charge is 0.490 e. The lowest BCUT2D eigenvalue weighted by Crippen LogP contribution is -2.40. The second-order valence-corrected chi connectivity index (χ2v) is 11.0. The Kier molecular flexibility index (Phi) is 8.70. The van der Waals surface area contributed by atoms with E-state index in [2.05, 4.69) is 4.99 Å². The summed E-state index contributed by atoms with van der Waals surface area (Å²) in [4.78, 5) is 32.3. The number of rotatable bonds is 9. The van der Waals surface area contributed by atoms with E-state index in [0.717, 1.165) is 11.1 Å². The number of halogens is 1. The maximum absolute atomic E-state index is 14.0. The molecule has 10 heteroatoms. The van der Waals surface area contributed by atoms with Crippen LogP contribution in [0.2, 0.25) is 5.02 Å². The summed E-state index contributed by atoms with van der Waals surface area (Å²) in [6, 6.07) is 13.9. The molecule has 1 aliphatic heterocycles. The van der Waals surface area contributed by atoms with E-state index in [1.54, 1.807) is 32.1 Å². The molecule has 0 saturated heterocycles. The minimum absolute atomic E-state index is 0.188. The van der Waals surface area contributed by atoms with E-state index < -0.39 is 12.0 Å². The van der Waals surface area contributed by atoms with Crippen LogP contribution < -0.4 is 24.4 Å². The molecule has 0 amide bonds. The van der Waals surface area contributed by atoms with E-state index >= 15 is 0 Å². The molecule has 0 radical (unpaired) electrons. The zero-order valence-corrected chi connectivity index (χ0v) is 25.6. The van der Waals surface area contributed by atoms with Gasteiger partial charge in [0.2, 0.25) is 0 Å². The average molecular weight is 607 g/mol. The summed E-state index contributed by atoms with van der Waals surface area (Å²) in [5.74, 6) is 1.73. The van der Waals surface area contributed by atoms with Gasteiger partial charge >= 0.3 is 5.97 Å². The highest BCUT2D eigenvalue weighted by molar-refractivity contribution is 7.07. The number of thiazole rings is 1. The second kappa shape index (κ2) is 12.4. The Balaban J connectivity index is 1.65. The fourth-order valence-corrected chi connectivity index (χ4v) is 6.11. The minimum atomic E-state index is -0.779. The monoisotopic (exact) mass is 606 g/mol. The molecule has 0 fully saturated rings. The Morgan fingerprint density at radius 1 is 1.02 bits per heavy atom. The van der Waals surface area contributed by atoms with Crippen LogP contribution in [-0.4, -0.2) is 30.4 Å². The topological polar surface area (TPSA) is 92.3 Å². The fraction of sp³-hybridized carbons (Fsp3) is 0.281. The molecular weight excluding hydrogens is 576 g/mol. The third-order valence-corrected chi connectivity index (χ3v) is 7.98. The molecule has 2 aromatic heterocycles. The Hall–Kier alpha value is -4.08. The Labute approximate surface area is 252 Å². The van der Waals surface area contributed by atoms with Crippen LogP contribution in [0.3, 0.4) is 0 Å². The van der Waals surface area contributed by atoms with E-state index in [-0.39, 0.29) is 12.2 Å². The molecule has 5 rings (SSSR count). The molecule has 8 nitrogen and oxygen atoms in total. The predicted octanol–water partition coefficient (Wildman–Crippen LogP) is 5.82. The van der Waals surface area contributed by atoms with Gasteiger partial charge < -0.3 is 18.6 Å². The molecule has 2 aromatic carbocycles. The molecule has 0 unspecified atom stereocenters. The summed E-state index contributed by atoms with van der Waals surface area (Å²) in [5, 5.41) is 0.608. The van der Waals surface area contributed by atoms with E-state index in [9.17, 15) is 9.59 Å². The highest BCUT2D eigenvalue weighted by atomic mass is 35.5. The van der Waals surface area contributed by atoms with Crippen molar-refractivity contribution in [2.45, 2.75) is 40.7 Å². The second-order valence-electron chi connectivity index (χ2n) is 9.54. The summed E-state index contributed by atoms with van der Waals surface area (Å²) >= 11 is 7.44. The first-order chi connectivity index (χ1) is 20.2. The fourth-order valence-electron chi connectivity index (χ4n) is 4.91. The lowest BCUT2D eigenvalue weighted by atomic mass is 9.95. The molecule has 0 saturated carbocycles. The van der Waals surface area contributed by atoms with Gasteiger partial charge in [-0.15, -0.1) is 0 Å². The third kappa shape index (κ3) is 5.67. The molecule has 0 aliphatic carbocycles. The van der Waals surface area contributed by atoms with E-state index in [4.69, 9.17) is 30.2 Å². The van der Waals surface area contributed by atoms with Gasteiger partial charge in [-0.05, 0) is 82.1 Å². The number of aromatic nitrogens is 1. The summed E-state index contributed by atoms with van der Waals surface area (Å²) in [5.41, 5.74) is 3.03. The number of nitrogens with zero attached hydrogens (tertiary/aromatic N) is 2. The molecule has 1 atom stereocenters. The molecular formula is C32H31ClN2O6S. The highest BCUT2D eigenvalue weighted by Crippen LogP contribution is 2.36. The third-order valence-electron chi connectivity index (χ3n) is 6.77. The van der Waals surface area contributed by atoms with Crippen molar-refractivity contribution < 1.29 is 23.4 Å². The number of ether oxygens (including phenoxy) is 3. The van der Waals surface area contributed by atoms with E-state index in [0.29, 0.717) is 67.4 Å². The highest BCUT2D eigenvalue weighted by Gasteiger charge is 2.34. The first kappa shape index (κ1) is 29.4. The average Bonchev–Trinajstić information content (AvgIpc) is 3.54. The van der Waals surface area contributed by atoms with Gasteiger partial charge in [-0.1, -0.05) is 35.1 Å². The van der Waals surface area contributed by atoms with E-state index in [1.165, 1.54) is 15.9 Å².